The lowest BCUT2D eigenvalue weighted by atomic mass is 9.67. The predicted molar refractivity (Wildman–Crippen MR) is 524 cm³/mol. The molecule has 0 atom stereocenters. The highest BCUT2D eigenvalue weighted by Gasteiger charge is 2.46. The van der Waals surface area contributed by atoms with Gasteiger partial charge in [0.15, 0.2) is 0 Å². The van der Waals surface area contributed by atoms with E-state index < -0.39 is 5.41 Å². The molecule has 0 bridgehead atoms. The van der Waals surface area contributed by atoms with Crippen LogP contribution in [0.3, 0.4) is 0 Å². The maximum atomic E-state index is 6.77. The highest BCUT2D eigenvalue weighted by atomic mass is 16.3. The summed E-state index contributed by atoms with van der Waals surface area (Å²) in [7, 11) is 0. The summed E-state index contributed by atoms with van der Waals surface area (Å²) in [4.78, 5) is 4.70. The van der Waals surface area contributed by atoms with E-state index in [1.54, 1.807) is 0 Å². The van der Waals surface area contributed by atoms with E-state index in [1.807, 2.05) is 24.3 Å². The number of hydrogen-bond acceptors (Lipinski definition) is 6. The van der Waals surface area contributed by atoms with Gasteiger partial charge in [0.1, 0.15) is 44.7 Å². The average molecular weight is 1610 g/mol. The van der Waals surface area contributed by atoms with Gasteiger partial charge in [-0.1, -0.05) is 291 Å². The van der Waals surface area contributed by atoms with Gasteiger partial charge >= 0.3 is 0 Å². The predicted octanol–water partition coefficient (Wildman–Crippen LogP) is 33.3. The minimum absolute atomic E-state index is 0.430. The monoisotopic (exact) mass is 1610 g/mol. The van der Waals surface area contributed by atoms with Gasteiger partial charge in [0.25, 0.3) is 0 Å². The van der Waals surface area contributed by atoms with Crippen LogP contribution in [0.5, 0.6) is 0 Å². The Morgan fingerprint density at radius 1 is 0.198 bits per heavy atom. The number of anilines is 6. The lowest BCUT2D eigenvalue weighted by Crippen LogP contribution is -2.28. The smallest absolute Gasteiger partial charge is 0.137 e. The molecule has 126 heavy (non-hydrogen) atoms. The molecule has 0 unspecified atom stereocenters. The third kappa shape index (κ3) is 11.0. The third-order valence-corrected chi connectivity index (χ3v) is 26.5. The summed E-state index contributed by atoms with van der Waals surface area (Å²) < 4.78 is 28.8. The molecule has 26 aromatic rings. The number of furan rings is 4. The molecule has 0 saturated heterocycles. The molecule has 0 radical (unpaired) electrons. The van der Waals surface area contributed by atoms with E-state index in [9.17, 15) is 0 Å². The van der Waals surface area contributed by atoms with Crippen molar-refractivity contribution in [3.8, 4) is 39.1 Å². The van der Waals surface area contributed by atoms with Gasteiger partial charge in [-0.3, -0.25) is 0 Å². The fourth-order valence-corrected chi connectivity index (χ4v) is 20.9. The lowest BCUT2D eigenvalue weighted by Gasteiger charge is -2.33. The van der Waals surface area contributed by atoms with Crippen molar-refractivity contribution in [2.75, 3.05) is 9.80 Å². The largest absolute Gasteiger partial charge is 0.456 e. The van der Waals surface area contributed by atoms with Gasteiger partial charge in [0.2, 0.25) is 0 Å². The Morgan fingerprint density at radius 3 is 1.10 bits per heavy atom. The Balaban J connectivity index is 0.000000135. The first kappa shape index (κ1) is 71.0. The topological polar surface area (TPSA) is 64.0 Å². The summed E-state index contributed by atoms with van der Waals surface area (Å²) in [5.41, 5.74) is 28.4. The Morgan fingerprint density at radius 2 is 0.563 bits per heavy atom. The summed E-state index contributed by atoms with van der Waals surface area (Å²) in [5.74, 6) is 0. The van der Waals surface area contributed by atoms with Crippen molar-refractivity contribution in [3.63, 3.8) is 0 Å². The minimum Gasteiger partial charge on any atom is -0.456 e. The lowest BCUT2D eigenvalue weighted by molar-refractivity contribution is 0.668. The molecule has 0 amide bonds. The summed E-state index contributed by atoms with van der Waals surface area (Å²) in [6, 6.07) is 159. The highest BCUT2D eigenvalue weighted by molar-refractivity contribution is 6.20. The Labute approximate surface area is 723 Å². The van der Waals surface area contributed by atoms with Crippen LogP contribution in [0.4, 0.5) is 34.1 Å². The summed E-state index contributed by atoms with van der Waals surface area (Å²) in [6.07, 6.45) is 0. The van der Waals surface area contributed by atoms with Crippen LogP contribution in [0.1, 0.15) is 22.3 Å². The van der Waals surface area contributed by atoms with Crippen LogP contribution >= 0.6 is 0 Å². The van der Waals surface area contributed by atoms with Gasteiger partial charge in [-0.15, -0.1) is 0 Å². The standard InChI is InChI=1S/C63H39NO2.C56H34N2O2/c1-3-16-43(17-4-1)63(44-18-5-2-6-19-44)56-25-13-11-22-49(56)54-35-40(27-33-57(54)63)41-28-34-60-55(36-41)53-32-30-46(39-62(53)66-60)64(45-29-31-52-51-24-12-14-26-59(51)65-61(52)38-45)58-37-42-15-7-8-20-47(42)48-21-9-10-23-50(48)58;1-2-14-37(15-3-1)58-49-22-10-8-20-47(49)56-41(21-12-23-50(56)58)36-25-30-53-48(31-36)46-29-27-39(34-55(46)60-53)57(38-26-28-45-44-19-9-11-24-52(44)59-54(45)33-38)51-32-35-13-4-5-16-40(35)42-17-6-7-18-43(42)51/h1-39H;1-34H. The maximum absolute atomic E-state index is 6.77. The summed E-state index contributed by atoms with van der Waals surface area (Å²) in [6.45, 7) is 0. The van der Waals surface area contributed by atoms with Gasteiger partial charge in [-0.25, -0.2) is 0 Å². The molecule has 27 rings (SSSR count). The van der Waals surface area contributed by atoms with Crippen LogP contribution in [-0.4, -0.2) is 4.57 Å². The normalized spacial score (nSPS) is 12.5. The van der Waals surface area contributed by atoms with Crippen molar-refractivity contribution in [3.05, 3.63) is 465 Å². The van der Waals surface area contributed by atoms with Crippen LogP contribution in [0.2, 0.25) is 0 Å². The molecular formula is C119H73N3O4. The van der Waals surface area contributed by atoms with Crippen LogP contribution in [0.15, 0.2) is 461 Å². The number of rotatable bonds is 11. The number of para-hydroxylation sites is 4. The van der Waals surface area contributed by atoms with E-state index in [4.69, 9.17) is 17.7 Å². The van der Waals surface area contributed by atoms with E-state index in [1.165, 1.54) is 98.6 Å². The molecule has 7 nitrogen and oxygen atoms in total. The van der Waals surface area contributed by atoms with E-state index in [2.05, 4.69) is 433 Å². The molecule has 588 valence electrons. The van der Waals surface area contributed by atoms with Crippen molar-refractivity contribution in [1.82, 2.24) is 4.57 Å². The Bertz CT molecular complexity index is 8920. The molecule has 0 N–H and O–H groups in total. The second-order valence-corrected chi connectivity index (χ2v) is 33.2. The van der Waals surface area contributed by atoms with Gasteiger partial charge in [0.05, 0.1) is 27.8 Å². The van der Waals surface area contributed by atoms with Gasteiger partial charge in [0, 0.05) is 117 Å². The third-order valence-electron chi connectivity index (χ3n) is 26.5. The molecule has 1 aliphatic rings. The number of hydrogen-bond donors (Lipinski definition) is 0. The minimum atomic E-state index is -0.430. The zero-order valence-corrected chi connectivity index (χ0v) is 68.1. The van der Waals surface area contributed by atoms with E-state index >= 15 is 0 Å². The quantitative estimate of drug-likeness (QED) is 0.120. The Hall–Kier alpha value is -16.7. The molecule has 0 fully saturated rings. The van der Waals surface area contributed by atoms with Crippen molar-refractivity contribution >= 4 is 187 Å². The first-order chi connectivity index (χ1) is 62.4. The maximum Gasteiger partial charge on any atom is 0.137 e. The summed E-state index contributed by atoms with van der Waals surface area (Å²) >= 11 is 0. The number of aromatic nitrogens is 1. The highest BCUT2D eigenvalue weighted by Crippen LogP contribution is 2.58. The molecule has 5 heterocycles. The average Bonchev–Trinajstić information content (AvgIpc) is 1.53. The van der Waals surface area contributed by atoms with Crippen LogP contribution < -0.4 is 9.80 Å². The van der Waals surface area contributed by atoms with E-state index in [-0.39, 0.29) is 0 Å². The second kappa shape index (κ2) is 28.2. The molecule has 21 aromatic carbocycles. The fourth-order valence-electron chi connectivity index (χ4n) is 20.9. The first-order valence-electron chi connectivity index (χ1n) is 43.1. The first-order valence-corrected chi connectivity index (χ1v) is 43.1. The fraction of sp³-hybridized carbons (Fsp3) is 0.00840. The molecule has 5 aromatic heterocycles. The van der Waals surface area contributed by atoms with E-state index in [0.29, 0.717) is 0 Å². The SMILES string of the molecule is c1ccc(-n2c3ccccc3c3c(-c4ccc5oc6cc(N(c7ccc8c(c7)oc7ccccc78)c7cc8ccccc8c8ccccc78)ccc6c5c4)cccc32)cc1.c1ccc(C2(c3ccccc3)c3ccccc3-c3cc(-c4ccc5oc6cc(N(c7ccc8c(c7)oc7ccccc78)c7cc8ccccc8c8ccccc78)ccc6c5c4)ccc32)cc1. The summed E-state index contributed by atoms with van der Waals surface area (Å²) in [5, 5.41) is 20.8. The van der Waals surface area contributed by atoms with Gasteiger partial charge in [-0.05, 0) is 215 Å². The Kier molecular flexibility index (Phi) is 15.9. The van der Waals surface area contributed by atoms with E-state index in [0.717, 1.165) is 149 Å². The van der Waals surface area contributed by atoms with Crippen molar-refractivity contribution in [2.45, 2.75) is 5.41 Å². The number of fused-ring (bicyclic) bond motifs is 24. The van der Waals surface area contributed by atoms with Crippen LogP contribution in [0.25, 0.3) is 192 Å². The van der Waals surface area contributed by atoms with Crippen molar-refractivity contribution < 1.29 is 17.7 Å². The van der Waals surface area contributed by atoms with Crippen molar-refractivity contribution in [2.24, 2.45) is 0 Å². The van der Waals surface area contributed by atoms with Crippen LogP contribution in [0, 0.1) is 0 Å². The molecule has 1 aliphatic carbocycles. The zero-order chi connectivity index (χ0) is 82.7. The second-order valence-electron chi connectivity index (χ2n) is 33.2. The van der Waals surface area contributed by atoms with Crippen molar-refractivity contribution in [1.29, 1.82) is 0 Å². The molecule has 7 heteroatoms. The van der Waals surface area contributed by atoms with Gasteiger partial charge < -0.3 is 32.0 Å². The number of nitrogens with zero attached hydrogens (tertiary/aromatic N) is 3. The molecule has 0 saturated carbocycles. The molecular weight excluding hydrogens is 1540 g/mol. The molecule has 0 spiro atoms. The number of benzene rings is 21. The van der Waals surface area contributed by atoms with Gasteiger partial charge in [-0.2, -0.15) is 0 Å². The van der Waals surface area contributed by atoms with Crippen LogP contribution in [-0.2, 0) is 5.41 Å². The molecule has 0 aliphatic heterocycles. The zero-order valence-electron chi connectivity index (χ0n) is 68.1.